The van der Waals surface area contributed by atoms with E-state index in [-0.39, 0.29) is 31.1 Å². The third-order valence-corrected chi connectivity index (χ3v) is 3.34. The topological polar surface area (TPSA) is 59.2 Å². The van der Waals surface area contributed by atoms with Gasteiger partial charge in [0.2, 0.25) is 17.6 Å². The summed E-state index contributed by atoms with van der Waals surface area (Å²) in [6.45, 7) is 0.455. The Bertz CT molecular complexity index is 698. The van der Waals surface area contributed by atoms with Crippen molar-refractivity contribution in [3.05, 3.63) is 36.0 Å². The van der Waals surface area contributed by atoms with Crippen LogP contribution in [0.15, 0.2) is 28.8 Å². The van der Waals surface area contributed by atoms with Crippen molar-refractivity contribution in [3.8, 4) is 11.4 Å². The third-order valence-electron chi connectivity index (χ3n) is 3.34. The van der Waals surface area contributed by atoms with Gasteiger partial charge in [0.05, 0.1) is 0 Å². The lowest BCUT2D eigenvalue weighted by molar-refractivity contribution is -0.161. The molecule has 0 aliphatic rings. The van der Waals surface area contributed by atoms with Crippen LogP contribution in [0.1, 0.15) is 25.7 Å². The largest absolute Gasteiger partial charge is 0.406 e. The summed E-state index contributed by atoms with van der Waals surface area (Å²) in [5, 5.41) is 3.72. The molecule has 0 spiro atoms. The fourth-order valence-corrected chi connectivity index (χ4v) is 2.22. The summed E-state index contributed by atoms with van der Waals surface area (Å²) in [6, 6.07) is 5.44. The molecule has 5 nitrogen and oxygen atoms in total. The molecule has 2 rings (SSSR count). The van der Waals surface area contributed by atoms with Gasteiger partial charge < -0.3 is 9.42 Å². The number of halogens is 4. The Morgan fingerprint density at radius 2 is 1.92 bits per heavy atom. The van der Waals surface area contributed by atoms with Crippen molar-refractivity contribution in [3.63, 3.8) is 0 Å². The van der Waals surface area contributed by atoms with Crippen LogP contribution in [0, 0.1) is 5.82 Å². The molecule has 1 aromatic carbocycles. The molecule has 0 N–H and O–H groups in total. The average molecular weight is 359 g/mol. The van der Waals surface area contributed by atoms with E-state index in [0.29, 0.717) is 12.0 Å². The summed E-state index contributed by atoms with van der Waals surface area (Å²) < 4.78 is 55.4. The van der Waals surface area contributed by atoms with E-state index in [2.05, 4.69) is 10.1 Å². The van der Waals surface area contributed by atoms with E-state index in [1.165, 1.54) is 24.3 Å². The van der Waals surface area contributed by atoms with Crippen LogP contribution in [0.4, 0.5) is 17.6 Å². The fraction of sp³-hybridized carbons (Fsp3) is 0.438. The van der Waals surface area contributed by atoms with Crippen molar-refractivity contribution in [1.82, 2.24) is 15.0 Å². The smallest absolute Gasteiger partial charge is 0.339 e. The predicted molar refractivity (Wildman–Crippen MR) is 80.9 cm³/mol. The highest BCUT2D eigenvalue weighted by Gasteiger charge is 2.32. The number of amides is 1. The maximum atomic E-state index is 12.9. The third kappa shape index (κ3) is 5.84. The molecule has 2 aromatic rings. The Kier molecular flexibility index (Phi) is 6.11. The monoisotopic (exact) mass is 359 g/mol. The molecule has 1 amide bonds. The quantitative estimate of drug-likeness (QED) is 0.709. The van der Waals surface area contributed by atoms with Crippen LogP contribution in [0.5, 0.6) is 0 Å². The molecule has 0 aliphatic heterocycles. The number of aromatic nitrogens is 2. The van der Waals surface area contributed by atoms with Crippen molar-refractivity contribution in [1.29, 1.82) is 0 Å². The van der Waals surface area contributed by atoms with Crippen molar-refractivity contribution in [2.24, 2.45) is 0 Å². The molecule has 0 aliphatic carbocycles. The van der Waals surface area contributed by atoms with E-state index < -0.39 is 24.4 Å². The second kappa shape index (κ2) is 8.09. The molecule has 0 radical (unpaired) electrons. The lowest BCUT2D eigenvalue weighted by Crippen LogP contribution is -2.39. The number of aryl methyl sites for hydroxylation is 1. The summed E-state index contributed by atoms with van der Waals surface area (Å²) in [5.74, 6) is -0.668. The van der Waals surface area contributed by atoms with Crippen LogP contribution in [0.25, 0.3) is 11.4 Å². The summed E-state index contributed by atoms with van der Waals surface area (Å²) >= 11 is 0. The van der Waals surface area contributed by atoms with Crippen LogP contribution in [0.3, 0.4) is 0 Å². The number of hydrogen-bond donors (Lipinski definition) is 0. The summed E-state index contributed by atoms with van der Waals surface area (Å²) in [6.07, 6.45) is -4.14. The molecule has 0 saturated heterocycles. The Morgan fingerprint density at radius 3 is 2.52 bits per heavy atom. The van der Waals surface area contributed by atoms with Crippen LogP contribution >= 0.6 is 0 Å². The maximum Gasteiger partial charge on any atom is 0.406 e. The Morgan fingerprint density at radius 1 is 1.24 bits per heavy atom. The first-order chi connectivity index (χ1) is 11.8. The zero-order chi connectivity index (χ0) is 18.4. The van der Waals surface area contributed by atoms with Crippen LogP contribution in [-0.4, -0.2) is 40.2 Å². The Labute approximate surface area is 141 Å². The Hall–Kier alpha value is -2.45. The van der Waals surface area contributed by atoms with Gasteiger partial charge in [-0.25, -0.2) is 4.39 Å². The van der Waals surface area contributed by atoms with Crippen LogP contribution in [0.2, 0.25) is 0 Å². The summed E-state index contributed by atoms with van der Waals surface area (Å²) in [7, 11) is 0. The number of carbonyl (C=O) groups excluding carboxylic acids is 1. The highest BCUT2D eigenvalue weighted by Crippen LogP contribution is 2.19. The molecule has 136 valence electrons. The molecule has 9 heteroatoms. The lowest BCUT2D eigenvalue weighted by atomic mass is 10.2. The SMILES string of the molecule is CCCN(CC(F)(F)F)C(=O)CCc1nc(-c2ccc(F)cc2)no1. The van der Waals surface area contributed by atoms with Gasteiger partial charge in [-0.15, -0.1) is 0 Å². The van der Waals surface area contributed by atoms with Gasteiger partial charge in [-0.05, 0) is 30.7 Å². The first kappa shape index (κ1) is 18.9. The van der Waals surface area contributed by atoms with Crippen molar-refractivity contribution in [2.75, 3.05) is 13.1 Å². The fourth-order valence-electron chi connectivity index (χ4n) is 2.22. The molecule has 0 fully saturated rings. The minimum atomic E-state index is -4.44. The molecule has 0 unspecified atom stereocenters. The molecular formula is C16H17F4N3O2. The second-order valence-corrected chi connectivity index (χ2v) is 5.45. The molecule has 1 aromatic heterocycles. The predicted octanol–water partition coefficient (Wildman–Crippen LogP) is 3.61. The molecule has 0 bridgehead atoms. The Balaban J connectivity index is 1.96. The zero-order valence-electron chi connectivity index (χ0n) is 13.5. The van der Waals surface area contributed by atoms with E-state index in [9.17, 15) is 22.4 Å². The molecular weight excluding hydrogens is 342 g/mol. The lowest BCUT2D eigenvalue weighted by Gasteiger charge is -2.23. The van der Waals surface area contributed by atoms with Crippen molar-refractivity contribution >= 4 is 5.91 Å². The van der Waals surface area contributed by atoms with Crippen LogP contribution in [-0.2, 0) is 11.2 Å². The van der Waals surface area contributed by atoms with Crippen molar-refractivity contribution < 1.29 is 26.9 Å². The highest BCUT2D eigenvalue weighted by atomic mass is 19.4. The van der Waals surface area contributed by atoms with Gasteiger partial charge in [0.1, 0.15) is 12.4 Å². The zero-order valence-corrected chi connectivity index (χ0v) is 13.5. The maximum absolute atomic E-state index is 12.9. The first-order valence-corrected chi connectivity index (χ1v) is 7.71. The van der Waals surface area contributed by atoms with E-state index >= 15 is 0 Å². The molecule has 0 saturated carbocycles. The normalized spacial score (nSPS) is 11.6. The van der Waals surface area contributed by atoms with Crippen molar-refractivity contribution in [2.45, 2.75) is 32.4 Å². The number of alkyl halides is 3. The van der Waals surface area contributed by atoms with Gasteiger partial charge in [-0.1, -0.05) is 12.1 Å². The minimum absolute atomic E-state index is 0.0308. The number of nitrogens with zero attached hydrogens (tertiary/aromatic N) is 3. The van der Waals surface area contributed by atoms with E-state index in [4.69, 9.17) is 4.52 Å². The number of rotatable bonds is 7. The van der Waals surface area contributed by atoms with Gasteiger partial charge in [0, 0.05) is 24.9 Å². The number of carbonyl (C=O) groups is 1. The standard InChI is InChI=1S/C16H17F4N3O2/c1-2-9-23(10-16(18,19)20)14(24)8-7-13-21-15(22-25-13)11-3-5-12(17)6-4-11/h3-6H,2,7-10H2,1H3. The van der Waals surface area contributed by atoms with E-state index in [1.807, 2.05) is 0 Å². The highest BCUT2D eigenvalue weighted by molar-refractivity contribution is 5.76. The van der Waals surface area contributed by atoms with Gasteiger partial charge in [0.25, 0.3) is 0 Å². The van der Waals surface area contributed by atoms with Gasteiger partial charge in [-0.3, -0.25) is 4.79 Å². The summed E-state index contributed by atoms with van der Waals surface area (Å²) in [5.41, 5.74) is 0.535. The van der Waals surface area contributed by atoms with E-state index in [0.717, 1.165) is 4.90 Å². The molecule has 25 heavy (non-hydrogen) atoms. The minimum Gasteiger partial charge on any atom is -0.339 e. The van der Waals surface area contributed by atoms with Gasteiger partial charge in [-0.2, -0.15) is 18.2 Å². The first-order valence-electron chi connectivity index (χ1n) is 7.71. The summed E-state index contributed by atoms with van der Waals surface area (Å²) in [4.78, 5) is 16.8. The second-order valence-electron chi connectivity index (χ2n) is 5.45. The molecule has 1 heterocycles. The van der Waals surface area contributed by atoms with Gasteiger partial charge >= 0.3 is 6.18 Å². The number of hydrogen-bond acceptors (Lipinski definition) is 4. The van der Waals surface area contributed by atoms with E-state index in [1.54, 1.807) is 6.92 Å². The average Bonchev–Trinajstić information content (AvgIpc) is 3.00. The van der Waals surface area contributed by atoms with Gasteiger partial charge in [0.15, 0.2) is 0 Å². The molecule has 0 atom stereocenters. The number of benzene rings is 1. The van der Waals surface area contributed by atoms with Crippen LogP contribution < -0.4 is 0 Å².